The van der Waals surface area contributed by atoms with Crippen LogP contribution in [0.25, 0.3) is 10.9 Å². The Hall–Kier alpha value is -2.38. The number of aliphatic hydroxyl groups is 1. The number of benzene rings is 2. The molecule has 0 radical (unpaired) electrons. The standard InChI is InChI=1S/C21H23BrN4O2/c22-15-3-1-13(2-4-15)20(27)21(28)25-17-7-5-16(6-8-17)24-18-9-10-19-14(11-18)12-23-26-19/h1-4,9-12,16-17,20,24,27H,5-8H2,(H,23,26)(H,25,28). The fourth-order valence-electron chi connectivity index (χ4n) is 3.73. The third-order valence-electron chi connectivity index (χ3n) is 5.32. The minimum Gasteiger partial charge on any atom is -0.382 e. The molecular weight excluding hydrogens is 420 g/mol. The maximum atomic E-state index is 12.4. The van der Waals surface area contributed by atoms with Gasteiger partial charge in [-0.25, -0.2) is 0 Å². The molecule has 1 unspecified atom stereocenters. The Morgan fingerprint density at radius 2 is 1.82 bits per heavy atom. The van der Waals surface area contributed by atoms with Gasteiger partial charge < -0.3 is 15.7 Å². The average molecular weight is 443 g/mol. The van der Waals surface area contributed by atoms with E-state index in [1.165, 1.54) is 0 Å². The summed E-state index contributed by atoms with van der Waals surface area (Å²) in [5.74, 6) is -0.329. The van der Waals surface area contributed by atoms with Crippen molar-refractivity contribution >= 4 is 38.4 Å². The van der Waals surface area contributed by atoms with Gasteiger partial charge in [0.05, 0.1) is 11.7 Å². The summed E-state index contributed by atoms with van der Waals surface area (Å²) in [7, 11) is 0. The second kappa shape index (κ2) is 8.32. The summed E-state index contributed by atoms with van der Waals surface area (Å²) in [6.07, 6.45) is 4.43. The number of aromatic amines is 1. The van der Waals surface area contributed by atoms with Crippen molar-refractivity contribution in [3.8, 4) is 0 Å². The van der Waals surface area contributed by atoms with Gasteiger partial charge in [-0.15, -0.1) is 0 Å². The summed E-state index contributed by atoms with van der Waals surface area (Å²) in [6, 6.07) is 13.8. The van der Waals surface area contributed by atoms with Gasteiger partial charge in [-0.1, -0.05) is 28.1 Å². The molecule has 1 aliphatic carbocycles. The van der Waals surface area contributed by atoms with Crippen LogP contribution in [0.1, 0.15) is 37.4 Å². The molecule has 4 N–H and O–H groups in total. The van der Waals surface area contributed by atoms with Gasteiger partial charge in [0.25, 0.3) is 5.91 Å². The predicted molar refractivity (Wildman–Crippen MR) is 113 cm³/mol. The average Bonchev–Trinajstić information content (AvgIpc) is 3.17. The van der Waals surface area contributed by atoms with E-state index in [1.807, 2.05) is 24.4 Å². The monoisotopic (exact) mass is 442 g/mol. The van der Waals surface area contributed by atoms with Gasteiger partial charge in [-0.3, -0.25) is 9.89 Å². The number of carbonyl (C=O) groups excluding carboxylic acids is 1. The number of nitrogens with zero attached hydrogens (tertiary/aromatic N) is 1. The molecule has 1 aromatic heterocycles. The summed E-state index contributed by atoms with van der Waals surface area (Å²) < 4.78 is 0.918. The van der Waals surface area contributed by atoms with E-state index < -0.39 is 6.10 Å². The smallest absolute Gasteiger partial charge is 0.253 e. The van der Waals surface area contributed by atoms with Crippen molar-refractivity contribution in [1.82, 2.24) is 15.5 Å². The highest BCUT2D eigenvalue weighted by molar-refractivity contribution is 9.10. The van der Waals surface area contributed by atoms with E-state index in [0.29, 0.717) is 11.6 Å². The number of anilines is 1. The van der Waals surface area contributed by atoms with Crippen molar-refractivity contribution < 1.29 is 9.90 Å². The van der Waals surface area contributed by atoms with Crippen LogP contribution in [0.2, 0.25) is 0 Å². The van der Waals surface area contributed by atoms with Crippen LogP contribution >= 0.6 is 15.9 Å². The van der Waals surface area contributed by atoms with E-state index in [-0.39, 0.29) is 11.9 Å². The number of fused-ring (bicyclic) bond motifs is 1. The lowest BCUT2D eigenvalue weighted by molar-refractivity contribution is -0.130. The van der Waals surface area contributed by atoms with Gasteiger partial charge in [0.2, 0.25) is 0 Å². The van der Waals surface area contributed by atoms with Gasteiger partial charge in [0, 0.05) is 27.6 Å². The predicted octanol–water partition coefficient (Wildman–Crippen LogP) is 3.90. The molecule has 1 saturated carbocycles. The first kappa shape index (κ1) is 19.0. The van der Waals surface area contributed by atoms with Crippen LogP contribution in [-0.2, 0) is 4.79 Å². The Labute approximate surface area is 171 Å². The molecule has 2 aromatic carbocycles. The minimum atomic E-state index is -1.13. The molecule has 6 nitrogen and oxygen atoms in total. The summed E-state index contributed by atoms with van der Waals surface area (Å²) in [6.45, 7) is 0. The van der Waals surface area contributed by atoms with Crippen LogP contribution in [0.3, 0.4) is 0 Å². The Bertz CT molecular complexity index is 948. The third kappa shape index (κ3) is 4.36. The number of nitrogens with one attached hydrogen (secondary N) is 3. The highest BCUT2D eigenvalue weighted by atomic mass is 79.9. The largest absolute Gasteiger partial charge is 0.382 e. The van der Waals surface area contributed by atoms with Gasteiger partial charge in [0.15, 0.2) is 6.10 Å². The van der Waals surface area contributed by atoms with Crippen molar-refractivity contribution in [2.24, 2.45) is 0 Å². The molecule has 0 bridgehead atoms. The number of hydrogen-bond donors (Lipinski definition) is 4. The first-order valence-corrected chi connectivity index (χ1v) is 10.3. The first-order valence-electron chi connectivity index (χ1n) is 9.52. The molecule has 1 amide bonds. The highest BCUT2D eigenvalue weighted by Crippen LogP contribution is 2.25. The van der Waals surface area contributed by atoms with Gasteiger partial charge in [-0.05, 0) is 61.6 Å². The van der Waals surface area contributed by atoms with Crippen LogP contribution in [0, 0.1) is 0 Å². The van der Waals surface area contributed by atoms with Gasteiger partial charge in [-0.2, -0.15) is 5.10 Å². The summed E-state index contributed by atoms with van der Waals surface area (Å²) in [5, 5.41) is 25.0. The zero-order valence-corrected chi connectivity index (χ0v) is 16.9. The van der Waals surface area contributed by atoms with Gasteiger partial charge in [0.1, 0.15) is 0 Å². The Kier molecular flexibility index (Phi) is 5.64. The summed E-state index contributed by atoms with van der Waals surface area (Å²) in [5.41, 5.74) is 2.72. The topological polar surface area (TPSA) is 90.0 Å². The molecule has 3 aromatic rings. The van der Waals surface area contributed by atoms with E-state index in [9.17, 15) is 9.90 Å². The number of hydrogen-bond acceptors (Lipinski definition) is 4. The number of halogens is 1. The molecular formula is C21H23BrN4O2. The second-order valence-electron chi connectivity index (χ2n) is 7.33. The highest BCUT2D eigenvalue weighted by Gasteiger charge is 2.25. The van der Waals surface area contributed by atoms with Crippen LogP contribution in [0.5, 0.6) is 0 Å². The molecule has 7 heteroatoms. The normalized spacial score (nSPS) is 20.6. The summed E-state index contributed by atoms with van der Waals surface area (Å²) >= 11 is 3.36. The zero-order chi connectivity index (χ0) is 19.5. The third-order valence-corrected chi connectivity index (χ3v) is 5.85. The molecule has 4 rings (SSSR count). The van der Waals surface area contributed by atoms with E-state index in [0.717, 1.165) is 46.7 Å². The maximum Gasteiger partial charge on any atom is 0.253 e. The number of H-pyrrole nitrogens is 1. The molecule has 1 fully saturated rings. The second-order valence-corrected chi connectivity index (χ2v) is 8.24. The molecule has 0 aliphatic heterocycles. The molecule has 0 spiro atoms. The molecule has 1 aliphatic rings. The van der Waals surface area contributed by atoms with E-state index in [2.05, 4.69) is 48.9 Å². The van der Waals surface area contributed by atoms with Crippen molar-refractivity contribution in [3.63, 3.8) is 0 Å². The lowest BCUT2D eigenvalue weighted by atomic mass is 9.90. The van der Waals surface area contributed by atoms with Crippen molar-refractivity contribution in [2.45, 2.75) is 43.9 Å². The fourth-order valence-corrected chi connectivity index (χ4v) is 3.99. The molecule has 1 heterocycles. The number of amides is 1. The number of carbonyl (C=O) groups is 1. The summed E-state index contributed by atoms with van der Waals surface area (Å²) in [4.78, 5) is 12.4. The number of rotatable bonds is 5. The number of aromatic nitrogens is 2. The van der Waals surface area contributed by atoms with Crippen molar-refractivity contribution in [3.05, 3.63) is 58.7 Å². The van der Waals surface area contributed by atoms with Crippen LogP contribution < -0.4 is 10.6 Å². The molecule has 146 valence electrons. The molecule has 1 atom stereocenters. The van der Waals surface area contributed by atoms with E-state index >= 15 is 0 Å². The number of aliphatic hydroxyl groups excluding tert-OH is 1. The maximum absolute atomic E-state index is 12.4. The van der Waals surface area contributed by atoms with Crippen LogP contribution in [0.4, 0.5) is 5.69 Å². The van der Waals surface area contributed by atoms with E-state index in [4.69, 9.17) is 0 Å². The van der Waals surface area contributed by atoms with Gasteiger partial charge >= 0.3 is 0 Å². The lowest BCUT2D eigenvalue weighted by Crippen LogP contribution is -2.42. The van der Waals surface area contributed by atoms with Crippen LogP contribution in [-0.4, -0.2) is 33.3 Å². The Morgan fingerprint density at radius 3 is 2.57 bits per heavy atom. The van der Waals surface area contributed by atoms with Crippen molar-refractivity contribution in [2.75, 3.05) is 5.32 Å². The minimum absolute atomic E-state index is 0.104. The fraction of sp³-hybridized carbons (Fsp3) is 0.333. The van der Waals surface area contributed by atoms with Crippen molar-refractivity contribution in [1.29, 1.82) is 0 Å². The quantitative estimate of drug-likeness (QED) is 0.482. The lowest BCUT2D eigenvalue weighted by Gasteiger charge is -2.30. The Balaban J connectivity index is 1.27. The Morgan fingerprint density at radius 1 is 1.11 bits per heavy atom. The first-order chi connectivity index (χ1) is 13.6. The zero-order valence-electron chi connectivity index (χ0n) is 15.4. The van der Waals surface area contributed by atoms with Crippen LogP contribution in [0.15, 0.2) is 53.1 Å². The SMILES string of the molecule is O=C(NC1CCC(Nc2ccc3[nH]ncc3c2)CC1)C(O)c1ccc(Br)cc1. The molecule has 0 saturated heterocycles. The molecule has 28 heavy (non-hydrogen) atoms. The van der Waals surface area contributed by atoms with E-state index in [1.54, 1.807) is 12.1 Å².